The van der Waals surface area contributed by atoms with Crippen molar-refractivity contribution in [3.8, 4) is 0 Å². The van der Waals surface area contributed by atoms with E-state index in [1.165, 1.54) is 12.8 Å². The van der Waals surface area contributed by atoms with E-state index in [1.54, 1.807) is 0 Å². The minimum atomic E-state index is 0.200. The highest BCUT2D eigenvalue weighted by atomic mass is 32.1. The third-order valence-electron chi connectivity index (χ3n) is 6.11. The zero-order valence-electron chi connectivity index (χ0n) is 15.7. The van der Waals surface area contributed by atoms with Crippen LogP contribution in [0, 0.1) is 16.6 Å². The molecule has 2 aliphatic rings. The van der Waals surface area contributed by atoms with Crippen LogP contribution in [0.4, 0.5) is 5.82 Å². The van der Waals surface area contributed by atoms with E-state index in [-0.39, 0.29) is 11.8 Å². The molecule has 4 rings (SSSR count). The molecule has 0 bridgehead atoms. The molecular weight excluding hydrogens is 356 g/mol. The zero-order valence-corrected chi connectivity index (χ0v) is 16.5. The van der Waals surface area contributed by atoms with Gasteiger partial charge in [0.2, 0.25) is 5.91 Å². The maximum atomic E-state index is 12.5. The summed E-state index contributed by atoms with van der Waals surface area (Å²) in [5.74, 6) is 1.93. The fraction of sp³-hybridized carbons (Fsp3) is 0.571. The molecule has 1 heterocycles. The molecule has 0 unspecified atom stereocenters. The third kappa shape index (κ3) is 4.49. The number of H-pyrrole nitrogens is 1. The molecule has 1 aromatic heterocycles. The van der Waals surface area contributed by atoms with Gasteiger partial charge in [-0.15, -0.1) is 0 Å². The van der Waals surface area contributed by atoms with Crippen LogP contribution >= 0.6 is 12.2 Å². The average Bonchev–Trinajstić information content (AvgIpc) is 3.19. The number of fused-ring (bicyclic) bond motifs is 1. The lowest BCUT2D eigenvalue weighted by Gasteiger charge is -2.29. The molecule has 2 aliphatic carbocycles. The number of aromatic nitrogens is 2. The fourth-order valence-electron chi connectivity index (χ4n) is 4.50. The molecule has 0 atom stereocenters. The predicted molar refractivity (Wildman–Crippen MR) is 111 cm³/mol. The van der Waals surface area contributed by atoms with Crippen LogP contribution in [-0.4, -0.2) is 28.5 Å². The highest BCUT2D eigenvalue weighted by Gasteiger charge is 2.28. The standard InChI is InChI=1S/C21H28N4OS/c26-20(23-16-5-1-2-6-16)15-11-9-14(10-12-15)13-22-19-17-7-3-4-8-18(17)24-21(27)25-19/h3-4,7-8,14-16H,1-2,5-6,9-13H2,(H,23,26)(H2,22,24,25,27). The summed E-state index contributed by atoms with van der Waals surface area (Å²) in [7, 11) is 0. The summed E-state index contributed by atoms with van der Waals surface area (Å²) in [5.41, 5.74) is 1.01. The SMILES string of the molecule is O=C(NC1CCCC1)C1CCC(CNc2nc(=S)[nH]c3ccccc23)CC1. The highest BCUT2D eigenvalue weighted by molar-refractivity contribution is 7.71. The molecule has 3 N–H and O–H groups in total. The van der Waals surface area contributed by atoms with Crippen molar-refractivity contribution in [2.24, 2.45) is 11.8 Å². The summed E-state index contributed by atoms with van der Waals surface area (Å²) < 4.78 is 0.503. The first-order valence-electron chi connectivity index (χ1n) is 10.2. The molecule has 1 aromatic carbocycles. The van der Waals surface area contributed by atoms with Crippen LogP contribution < -0.4 is 10.6 Å². The van der Waals surface area contributed by atoms with Crippen LogP contribution in [0.3, 0.4) is 0 Å². The van der Waals surface area contributed by atoms with Crippen molar-refractivity contribution < 1.29 is 4.79 Å². The molecule has 2 aromatic rings. The number of amides is 1. The third-order valence-corrected chi connectivity index (χ3v) is 6.31. The first kappa shape index (κ1) is 18.4. The summed E-state index contributed by atoms with van der Waals surface area (Å²) in [6.07, 6.45) is 9.00. The van der Waals surface area contributed by atoms with Crippen LogP contribution in [0.2, 0.25) is 0 Å². The largest absolute Gasteiger partial charge is 0.369 e. The highest BCUT2D eigenvalue weighted by Crippen LogP contribution is 2.30. The van der Waals surface area contributed by atoms with E-state index in [2.05, 4.69) is 26.7 Å². The number of hydrogen-bond acceptors (Lipinski definition) is 4. The molecule has 2 fully saturated rings. The van der Waals surface area contributed by atoms with Crippen molar-refractivity contribution in [1.82, 2.24) is 15.3 Å². The molecule has 0 saturated heterocycles. The Bertz CT molecular complexity index is 851. The van der Waals surface area contributed by atoms with Gasteiger partial charge in [-0.2, -0.15) is 0 Å². The zero-order chi connectivity index (χ0) is 18.6. The number of nitrogens with zero attached hydrogens (tertiary/aromatic N) is 1. The van der Waals surface area contributed by atoms with Gasteiger partial charge in [0.15, 0.2) is 4.77 Å². The molecule has 0 aliphatic heterocycles. The maximum Gasteiger partial charge on any atom is 0.223 e. The average molecular weight is 385 g/mol. The number of aromatic amines is 1. The summed E-state index contributed by atoms with van der Waals surface area (Å²) in [4.78, 5) is 20.1. The van der Waals surface area contributed by atoms with Crippen molar-refractivity contribution in [2.45, 2.75) is 57.4 Å². The number of benzene rings is 1. The minimum absolute atomic E-state index is 0.200. The maximum absolute atomic E-state index is 12.5. The van der Waals surface area contributed by atoms with Crippen LogP contribution in [0.25, 0.3) is 10.9 Å². The minimum Gasteiger partial charge on any atom is -0.369 e. The first-order chi connectivity index (χ1) is 13.2. The summed E-state index contributed by atoms with van der Waals surface area (Å²) in [5, 5.41) is 7.84. The number of nitrogens with one attached hydrogen (secondary N) is 3. The molecular formula is C21H28N4OS. The molecule has 2 saturated carbocycles. The fourth-order valence-corrected chi connectivity index (χ4v) is 4.70. The van der Waals surface area contributed by atoms with E-state index in [4.69, 9.17) is 12.2 Å². The molecule has 0 spiro atoms. The van der Waals surface area contributed by atoms with Crippen molar-refractivity contribution in [3.63, 3.8) is 0 Å². The number of rotatable bonds is 5. The topological polar surface area (TPSA) is 69.8 Å². The van der Waals surface area contributed by atoms with Gasteiger partial charge in [-0.05, 0) is 68.8 Å². The Labute approximate surface area is 165 Å². The molecule has 27 heavy (non-hydrogen) atoms. The van der Waals surface area contributed by atoms with Crippen LogP contribution in [0.15, 0.2) is 24.3 Å². The Morgan fingerprint density at radius 3 is 2.63 bits per heavy atom. The Morgan fingerprint density at radius 2 is 1.85 bits per heavy atom. The lowest BCUT2D eigenvalue weighted by Crippen LogP contribution is -2.39. The van der Waals surface area contributed by atoms with Crippen molar-refractivity contribution >= 4 is 34.8 Å². The van der Waals surface area contributed by atoms with Crippen LogP contribution in [0.1, 0.15) is 51.4 Å². The summed E-state index contributed by atoms with van der Waals surface area (Å²) >= 11 is 5.25. The monoisotopic (exact) mass is 384 g/mol. The van der Waals surface area contributed by atoms with Gasteiger partial charge in [0.1, 0.15) is 5.82 Å². The Hall–Kier alpha value is -1.95. The second-order valence-corrected chi connectivity index (χ2v) is 8.41. The number of carbonyl (C=O) groups excluding carboxylic acids is 1. The van der Waals surface area contributed by atoms with Gasteiger partial charge in [0.05, 0.1) is 5.52 Å². The lowest BCUT2D eigenvalue weighted by atomic mass is 9.81. The van der Waals surface area contributed by atoms with E-state index in [1.807, 2.05) is 18.2 Å². The molecule has 144 valence electrons. The van der Waals surface area contributed by atoms with Crippen LogP contribution in [-0.2, 0) is 4.79 Å². The molecule has 5 nitrogen and oxygen atoms in total. The molecule has 0 radical (unpaired) electrons. The van der Waals surface area contributed by atoms with E-state index in [9.17, 15) is 4.79 Å². The lowest BCUT2D eigenvalue weighted by molar-refractivity contribution is -0.126. The second-order valence-electron chi connectivity index (χ2n) is 8.02. The number of hydrogen-bond donors (Lipinski definition) is 3. The van der Waals surface area contributed by atoms with E-state index in [0.717, 1.165) is 61.8 Å². The summed E-state index contributed by atoms with van der Waals surface area (Å²) in [6.45, 7) is 0.882. The van der Waals surface area contributed by atoms with E-state index < -0.39 is 0 Å². The van der Waals surface area contributed by atoms with Gasteiger partial charge in [0.25, 0.3) is 0 Å². The van der Waals surface area contributed by atoms with E-state index in [0.29, 0.717) is 16.7 Å². The quantitative estimate of drug-likeness (QED) is 0.661. The Balaban J connectivity index is 1.30. The smallest absolute Gasteiger partial charge is 0.223 e. The second kappa shape index (κ2) is 8.38. The molecule has 6 heteroatoms. The number of para-hydroxylation sites is 1. The van der Waals surface area contributed by atoms with Gasteiger partial charge in [-0.25, -0.2) is 4.98 Å². The van der Waals surface area contributed by atoms with Gasteiger partial charge in [0, 0.05) is 23.9 Å². The number of carbonyl (C=O) groups is 1. The Kier molecular flexibility index (Phi) is 5.72. The van der Waals surface area contributed by atoms with Crippen molar-refractivity contribution in [3.05, 3.63) is 29.0 Å². The van der Waals surface area contributed by atoms with E-state index >= 15 is 0 Å². The van der Waals surface area contributed by atoms with Crippen molar-refractivity contribution in [2.75, 3.05) is 11.9 Å². The summed E-state index contributed by atoms with van der Waals surface area (Å²) in [6, 6.07) is 8.51. The van der Waals surface area contributed by atoms with Gasteiger partial charge < -0.3 is 15.6 Å². The normalized spacial score (nSPS) is 23.4. The Morgan fingerprint density at radius 1 is 1.11 bits per heavy atom. The van der Waals surface area contributed by atoms with Gasteiger partial charge in [-0.3, -0.25) is 4.79 Å². The van der Waals surface area contributed by atoms with Gasteiger partial charge >= 0.3 is 0 Å². The molecule has 1 amide bonds. The van der Waals surface area contributed by atoms with Gasteiger partial charge in [-0.1, -0.05) is 25.0 Å². The number of anilines is 1. The predicted octanol–water partition coefficient (Wildman–Crippen LogP) is 4.57. The first-order valence-corrected chi connectivity index (χ1v) is 10.6. The van der Waals surface area contributed by atoms with Crippen LogP contribution in [0.5, 0.6) is 0 Å². The van der Waals surface area contributed by atoms with Crippen molar-refractivity contribution in [1.29, 1.82) is 0 Å².